The maximum Gasteiger partial charge on any atom is 0.166 e. The first-order chi connectivity index (χ1) is 16.9. The Morgan fingerprint density at radius 3 is 2.15 bits per heavy atom. The van der Waals surface area contributed by atoms with E-state index in [0.29, 0.717) is 0 Å². The van der Waals surface area contributed by atoms with Gasteiger partial charge in [0, 0.05) is 45.0 Å². The molecule has 0 bridgehead atoms. The van der Waals surface area contributed by atoms with Crippen molar-refractivity contribution in [3.8, 4) is 5.69 Å². The molecule has 34 heavy (non-hydrogen) atoms. The molecule has 0 fully saturated rings. The van der Waals surface area contributed by atoms with E-state index in [4.69, 9.17) is 9.97 Å². The van der Waals surface area contributed by atoms with Gasteiger partial charge in [-0.1, -0.05) is 42.5 Å². The fraction of sp³-hybridized carbons (Fsp3) is 0. The Kier molecular flexibility index (Phi) is 3.34. The Balaban J connectivity index is 1.73. The van der Waals surface area contributed by atoms with Crippen LogP contribution in [0.4, 0.5) is 0 Å². The summed E-state index contributed by atoms with van der Waals surface area (Å²) in [7, 11) is 0. The molecule has 0 amide bonds. The van der Waals surface area contributed by atoms with Gasteiger partial charge in [0.1, 0.15) is 16.8 Å². The highest BCUT2D eigenvalue weighted by Gasteiger charge is 2.20. The summed E-state index contributed by atoms with van der Waals surface area (Å²) in [6.07, 6.45) is 3.65. The van der Waals surface area contributed by atoms with Gasteiger partial charge in [-0.15, -0.1) is 0 Å². The van der Waals surface area contributed by atoms with Crippen molar-refractivity contribution in [2.24, 2.45) is 0 Å². The zero-order valence-electron chi connectivity index (χ0n) is 18.1. The van der Waals surface area contributed by atoms with Crippen LogP contribution in [0.3, 0.4) is 0 Å². The van der Waals surface area contributed by atoms with E-state index in [2.05, 4.69) is 86.7 Å². The first-order valence-corrected chi connectivity index (χ1v) is 11.3. The summed E-state index contributed by atoms with van der Waals surface area (Å²) in [5.41, 5.74) is 6.92. The number of nitrogens with zero attached hydrogens (tertiary/aromatic N) is 5. The van der Waals surface area contributed by atoms with Crippen LogP contribution in [0.2, 0.25) is 0 Å². The third-order valence-corrected chi connectivity index (χ3v) is 6.78. The van der Waals surface area contributed by atoms with E-state index in [1.807, 2.05) is 30.6 Å². The van der Waals surface area contributed by atoms with E-state index in [1.165, 1.54) is 21.8 Å². The lowest BCUT2D eigenvalue weighted by Gasteiger charge is -2.12. The fourth-order valence-corrected chi connectivity index (χ4v) is 5.43. The van der Waals surface area contributed by atoms with Crippen molar-refractivity contribution in [2.75, 3.05) is 0 Å². The maximum absolute atomic E-state index is 5.01. The van der Waals surface area contributed by atoms with Crippen LogP contribution in [0.5, 0.6) is 0 Å². The second-order valence-electron chi connectivity index (χ2n) is 8.56. The molecular weight excluding hydrogens is 418 g/mol. The highest BCUT2D eigenvalue weighted by atomic mass is 15.1. The van der Waals surface area contributed by atoms with E-state index in [-0.39, 0.29) is 0 Å². The summed E-state index contributed by atoms with van der Waals surface area (Å²) in [5, 5.41) is 5.78. The minimum atomic E-state index is 0.826. The van der Waals surface area contributed by atoms with Crippen molar-refractivity contribution < 1.29 is 0 Å². The van der Waals surface area contributed by atoms with E-state index < -0.39 is 0 Å². The van der Waals surface area contributed by atoms with E-state index >= 15 is 0 Å². The topological polar surface area (TPSA) is 48.0 Å². The number of imidazole rings is 1. The Hall–Kier alpha value is -4.77. The molecule has 5 heterocycles. The van der Waals surface area contributed by atoms with Crippen molar-refractivity contribution in [3.05, 3.63) is 103 Å². The molecule has 0 saturated carbocycles. The minimum Gasteiger partial charge on any atom is -0.309 e. The number of rotatable bonds is 1. The van der Waals surface area contributed by atoms with Crippen LogP contribution in [0.1, 0.15) is 0 Å². The number of pyridine rings is 3. The molecule has 0 saturated heterocycles. The lowest BCUT2D eigenvalue weighted by molar-refractivity contribution is 1.18. The third kappa shape index (κ3) is 2.16. The van der Waals surface area contributed by atoms with Gasteiger partial charge in [0.25, 0.3) is 0 Å². The summed E-state index contributed by atoms with van der Waals surface area (Å²) < 4.78 is 4.46. The molecule has 8 aromatic rings. The Bertz CT molecular complexity index is 2070. The second kappa shape index (κ2) is 6.39. The zero-order valence-corrected chi connectivity index (χ0v) is 18.1. The monoisotopic (exact) mass is 435 g/mol. The van der Waals surface area contributed by atoms with Crippen molar-refractivity contribution in [1.82, 2.24) is 23.9 Å². The molecule has 0 radical (unpaired) electrons. The predicted molar refractivity (Wildman–Crippen MR) is 138 cm³/mol. The van der Waals surface area contributed by atoms with Gasteiger partial charge in [0.05, 0.1) is 11.0 Å². The Morgan fingerprint density at radius 2 is 1.24 bits per heavy atom. The molecular formula is C29H17N5. The van der Waals surface area contributed by atoms with Crippen molar-refractivity contribution >= 4 is 60.4 Å². The number of hydrogen-bond acceptors (Lipinski definition) is 3. The van der Waals surface area contributed by atoms with Gasteiger partial charge in [-0.2, -0.15) is 0 Å². The van der Waals surface area contributed by atoms with E-state index in [0.717, 1.165) is 44.3 Å². The minimum absolute atomic E-state index is 0.826. The van der Waals surface area contributed by atoms with Crippen LogP contribution >= 0.6 is 0 Å². The SMILES string of the molecule is c1ccc(-n2c3ccccc3c3ccc4c(c5cccnc5n5c6ncccc6nc45)c32)cc1. The summed E-state index contributed by atoms with van der Waals surface area (Å²) in [5.74, 6) is 0. The molecule has 0 aliphatic carbocycles. The lowest BCUT2D eigenvalue weighted by atomic mass is 10.0. The van der Waals surface area contributed by atoms with Gasteiger partial charge in [-0.25, -0.2) is 15.0 Å². The summed E-state index contributed by atoms with van der Waals surface area (Å²) in [6.45, 7) is 0. The third-order valence-electron chi connectivity index (χ3n) is 6.78. The molecule has 8 rings (SSSR count). The number of fused-ring (bicyclic) bond motifs is 12. The smallest absolute Gasteiger partial charge is 0.166 e. The second-order valence-corrected chi connectivity index (χ2v) is 8.56. The highest BCUT2D eigenvalue weighted by molar-refractivity contribution is 6.27. The molecule has 5 nitrogen and oxygen atoms in total. The number of para-hydroxylation sites is 2. The maximum atomic E-state index is 5.01. The molecule has 5 heteroatoms. The van der Waals surface area contributed by atoms with Gasteiger partial charge >= 0.3 is 0 Å². The average molecular weight is 435 g/mol. The number of benzene rings is 3. The van der Waals surface area contributed by atoms with Gasteiger partial charge in [0.2, 0.25) is 0 Å². The molecule has 0 unspecified atom stereocenters. The van der Waals surface area contributed by atoms with Crippen LogP contribution in [0.15, 0.2) is 103 Å². The predicted octanol–water partition coefficient (Wildman–Crippen LogP) is 6.68. The highest BCUT2D eigenvalue weighted by Crippen LogP contribution is 2.40. The molecule has 0 aliphatic heterocycles. The van der Waals surface area contributed by atoms with Crippen molar-refractivity contribution in [2.45, 2.75) is 0 Å². The van der Waals surface area contributed by atoms with Crippen molar-refractivity contribution in [3.63, 3.8) is 0 Å². The molecule has 3 aromatic carbocycles. The van der Waals surface area contributed by atoms with Crippen LogP contribution in [-0.4, -0.2) is 23.9 Å². The van der Waals surface area contributed by atoms with Gasteiger partial charge in [0.15, 0.2) is 5.65 Å². The first kappa shape index (κ1) is 17.7. The molecule has 158 valence electrons. The zero-order chi connectivity index (χ0) is 22.2. The normalized spacial score (nSPS) is 12.1. The van der Waals surface area contributed by atoms with Crippen LogP contribution in [0.25, 0.3) is 66.1 Å². The van der Waals surface area contributed by atoms with Crippen LogP contribution in [-0.2, 0) is 0 Å². The summed E-state index contributed by atoms with van der Waals surface area (Å²) in [6, 6.07) is 31.7. The molecule has 0 spiro atoms. The first-order valence-electron chi connectivity index (χ1n) is 11.3. The van der Waals surface area contributed by atoms with Crippen molar-refractivity contribution in [1.29, 1.82) is 0 Å². The van der Waals surface area contributed by atoms with E-state index in [9.17, 15) is 0 Å². The fourth-order valence-electron chi connectivity index (χ4n) is 5.43. The molecule has 5 aromatic heterocycles. The lowest BCUT2D eigenvalue weighted by Crippen LogP contribution is -1.98. The molecule has 0 aliphatic rings. The molecule has 0 atom stereocenters. The van der Waals surface area contributed by atoms with Crippen LogP contribution < -0.4 is 0 Å². The Labute approximate surface area is 193 Å². The summed E-state index contributed by atoms with van der Waals surface area (Å²) >= 11 is 0. The number of aromatic nitrogens is 5. The van der Waals surface area contributed by atoms with Gasteiger partial charge in [-0.3, -0.25) is 4.40 Å². The quantitative estimate of drug-likeness (QED) is 0.270. The standard InChI is InChI=1S/C29H17N5/c1-2-8-18(9-3-1)33-24-13-5-4-10-19(24)20-14-15-22-25(26(20)33)21-11-6-16-30-27(21)34-28(22)32-23-12-7-17-31-29(23)34/h1-17H. The average Bonchev–Trinajstić information content (AvgIpc) is 3.46. The summed E-state index contributed by atoms with van der Waals surface area (Å²) in [4.78, 5) is 14.5. The van der Waals surface area contributed by atoms with Crippen LogP contribution in [0, 0.1) is 0 Å². The van der Waals surface area contributed by atoms with Gasteiger partial charge < -0.3 is 4.57 Å². The van der Waals surface area contributed by atoms with E-state index in [1.54, 1.807) is 0 Å². The Morgan fingerprint density at radius 1 is 0.529 bits per heavy atom. The van der Waals surface area contributed by atoms with Gasteiger partial charge in [-0.05, 0) is 48.5 Å². The number of hydrogen-bond donors (Lipinski definition) is 0. The largest absolute Gasteiger partial charge is 0.309 e. The molecule has 0 N–H and O–H groups in total.